The van der Waals surface area contributed by atoms with Gasteiger partial charge in [-0.25, -0.2) is 4.79 Å². The molecule has 0 aromatic carbocycles. The highest BCUT2D eigenvalue weighted by atomic mass is 16.5. The first-order valence-corrected chi connectivity index (χ1v) is 7.56. The van der Waals surface area contributed by atoms with Crippen LogP contribution >= 0.6 is 0 Å². The van der Waals surface area contributed by atoms with Crippen LogP contribution < -0.4 is 5.32 Å². The van der Waals surface area contributed by atoms with Crippen LogP contribution in [-0.2, 0) is 17.6 Å². The molecule has 1 aliphatic rings. The molecule has 0 spiro atoms. The van der Waals surface area contributed by atoms with Gasteiger partial charge in [0.1, 0.15) is 5.56 Å². The second-order valence-corrected chi connectivity index (χ2v) is 5.41. The van der Waals surface area contributed by atoms with E-state index in [1.807, 2.05) is 20.8 Å². The number of hydrogen-bond acceptors (Lipinski definition) is 5. The zero-order valence-corrected chi connectivity index (χ0v) is 12.8. The molecule has 1 aromatic rings. The number of aryl methyl sites for hydroxylation is 1. The molecule has 0 saturated carbocycles. The largest absolute Gasteiger partial charge is 0.478 e. The molecule has 6 heteroatoms. The Morgan fingerprint density at radius 1 is 1.38 bits per heavy atom. The van der Waals surface area contributed by atoms with Gasteiger partial charge in [0.05, 0.1) is 11.8 Å². The fraction of sp³-hybridized carbons (Fsp3) is 0.667. The number of carbonyl (C=O) groups is 1. The van der Waals surface area contributed by atoms with Gasteiger partial charge in [0.2, 0.25) is 0 Å². The number of carboxylic acids is 1. The van der Waals surface area contributed by atoms with E-state index in [0.717, 1.165) is 24.1 Å². The van der Waals surface area contributed by atoms with Gasteiger partial charge < -0.3 is 15.2 Å². The quantitative estimate of drug-likeness (QED) is 0.866. The molecule has 2 N–H and O–H groups in total. The van der Waals surface area contributed by atoms with Crippen molar-refractivity contribution in [2.45, 2.75) is 58.6 Å². The van der Waals surface area contributed by atoms with Crippen molar-refractivity contribution in [3.8, 4) is 0 Å². The van der Waals surface area contributed by atoms with Crippen LogP contribution in [-0.4, -0.2) is 40.0 Å². The average molecular weight is 293 g/mol. The minimum Gasteiger partial charge on any atom is -0.478 e. The normalized spacial score (nSPS) is 22.0. The lowest BCUT2D eigenvalue weighted by molar-refractivity contribution is 0.0231. The van der Waals surface area contributed by atoms with Gasteiger partial charge in [0, 0.05) is 12.6 Å². The van der Waals surface area contributed by atoms with Crippen LogP contribution in [0.1, 0.15) is 55.2 Å². The Morgan fingerprint density at radius 3 is 2.71 bits per heavy atom. The molecule has 0 bridgehead atoms. The topological polar surface area (TPSA) is 84.3 Å². The molecular weight excluding hydrogens is 270 g/mol. The van der Waals surface area contributed by atoms with Crippen LogP contribution in [0.2, 0.25) is 0 Å². The maximum Gasteiger partial charge on any atom is 0.339 e. The lowest BCUT2D eigenvalue weighted by atomic mass is 10.0. The van der Waals surface area contributed by atoms with Crippen LogP contribution in [0.3, 0.4) is 0 Å². The van der Waals surface area contributed by atoms with E-state index in [2.05, 4.69) is 15.5 Å². The molecule has 2 heterocycles. The minimum atomic E-state index is -0.945. The summed E-state index contributed by atoms with van der Waals surface area (Å²) in [5, 5.41) is 21.1. The third-order valence-electron chi connectivity index (χ3n) is 3.89. The van der Waals surface area contributed by atoms with Crippen molar-refractivity contribution in [3.63, 3.8) is 0 Å². The average Bonchev–Trinajstić information content (AvgIpc) is 2.46. The van der Waals surface area contributed by atoms with Crippen LogP contribution in [0.5, 0.6) is 0 Å². The number of aromatic nitrogens is 2. The smallest absolute Gasteiger partial charge is 0.339 e. The second kappa shape index (κ2) is 6.85. The standard InChI is InChI=1S/C15H23N3O3/c1-4-11-12(5-2)17-18-14(13(11)15(19)20)16-10-6-7-21-9(3)8-10/h9-10H,4-8H2,1-3H3,(H,16,18)(H,19,20). The predicted molar refractivity (Wildman–Crippen MR) is 79.8 cm³/mol. The van der Waals surface area contributed by atoms with Gasteiger partial charge in [0.15, 0.2) is 5.82 Å². The first-order valence-electron chi connectivity index (χ1n) is 7.56. The lowest BCUT2D eigenvalue weighted by Crippen LogP contribution is -2.33. The summed E-state index contributed by atoms with van der Waals surface area (Å²) in [4.78, 5) is 11.6. The summed E-state index contributed by atoms with van der Waals surface area (Å²) in [5.41, 5.74) is 1.81. The van der Waals surface area contributed by atoms with Crippen molar-refractivity contribution < 1.29 is 14.6 Å². The molecule has 2 atom stereocenters. The molecule has 2 rings (SSSR count). The number of rotatable bonds is 5. The highest BCUT2D eigenvalue weighted by Crippen LogP contribution is 2.24. The number of hydrogen-bond donors (Lipinski definition) is 2. The molecule has 0 radical (unpaired) electrons. The number of aromatic carboxylic acids is 1. The molecule has 1 aromatic heterocycles. The van der Waals surface area contributed by atoms with Gasteiger partial charge in [-0.3, -0.25) is 0 Å². The SMILES string of the molecule is CCc1nnc(NC2CCOC(C)C2)c(C(=O)O)c1CC. The fourth-order valence-corrected chi connectivity index (χ4v) is 2.83. The number of nitrogens with zero attached hydrogens (tertiary/aromatic N) is 2. The number of nitrogens with one attached hydrogen (secondary N) is 1. The van der Waals surface area contributed by atoms with Gasteiger partial charge in [-0.05, 0) is 38.2 Å². The van der Waals surface area contributed by atoms with Crippen molar-refractivity contribution in [1.29, 1.82) is 0 Å². The lowest BCUT2D eigenvalue weighted by Gasteiger charge is -2.28. The minimum absolute atomic E-state index is 0.179. The zero-order chi connectivity index (χ0) is 15.4. The summed E-state index contributed by atoms with van der Waals surface area (Å²) >= 11 is 0. The van der Waals surface area contributed by atoms with Gasteiger partial charge >= 0.3 is 5.97 Å². The third kappa shape index (κ3) is 3.50. The summed E-state index contributed by atoms with van der Waals surface area (Å²) < 4.78 is 5.51. The van der Waals surface area contributed by atoms with Gasteiger partial charge in [-0.15, -0.1) is 5.10 Å². The molecule has 1 fully saturated rings. The van der Waals surface area contributed by atoms with Crippen molar-refractivity contribution >= 4 is 11.8 Å². The summed E-state index contributed by atoms with van der Waals surface area (Å²) in [6, 6.07) is 0.179. The number of carboxylic acid groups (broad SMARTS) is 1. The molecule has 0 aliphatic carbocycles. The Morgan fingerprint density at radius 2 is 2.14 bits per heavy atom. The molecule has 116 valence electrons. The highest BCUT2D eigenvalue weighted by molar-refractivity contribution is 5.95. The Labute approximate surface area is 124 Å². The van der Waals surface area contributed by atoms with Crippen molar-refractivity contribution in [2.75, 3.05) is 11.9 Å². The van der Waals surface area contributed by atoms with E-state index >= 15 is 0 Å². The maximum absolute atomic E-state index is 11.6. The highest BCUT2D eigenvalue weighted by Gasteiger charge is 2.25. The second-order valence-electron chi connectivity index (χ2n) is 5.41. The van der Waals surface area contributed by atoms with Crippen LogP contribution in [0, 0.1) is 0 Å². The molecule has 21 heavy (non-hydrogen) atoms. The summed E-state index contributed by atoms with van der Waals surface area (Å²) in [6.45, 7) is 6.61. The van der Waals surface area contributed by atoms with Crippen LogP contribution in [0.4, 0.5) is 5.82 Å². The Balaban J connectivity index is 2.32. The first-order chi connectivity index (χ1) is 10.1. The van der Waals surface area contributed by atoms with Gasteiger partial charge in [-0.2, -0.15) is 5.10 Å². The predicted octanol–water partition coefficient (Wildman–Crippen LogP) is 2.28. The van der Waals surface area contributed by atoms with Crippen molar-refractivity contribution in [1.82, 2.24) is 10.2 Å². The fourth-order valence-electron chi connectivity index (χ4n) is 2.83. The van der Waals surface area contributed by atoms with E-state index in [1.54, 1.807) is 0 Å². The first kappa shape index (κ1) is 15.7. The van der Waals surface area contributed by atoms with Gasteiger partial charge in [-0.1, -0.05) is 13.8 Å². The molecule has 1 saturated heterocycles. The molecule has 0 amide bonds. The number of ether oxygens (including phenoxy) is 1. The van der Waals surface area contributed by atoms with E-state index in [4.69, 9.17) is 4.74 Å². The molecule has 1 aliphatic heterocycles. The Kier molecular flexibility index (Phi) is 5.12. The zero-order valence-electron chi connectivity index (χ0n) is 12.8. The van der Waals surface area contributed by atoms with Crippen LogP contribution in [0.15, 0.2) is 0 Å². The monoisotopic (exact) mass is 293 g/mol. The van der Waals surface area contributed by atoms with E-state index < -0.39 is 5.97 Å². The summed E-state index contributed by atoms with van der Waals surface area (Å²) in [5.74, 6) is -0.560. The Bertz CT molecular complexity index is 519. The number of anilines is 1. The van der Waals surface area contributed by atoms with Crippen molar-refractivity contribution in [3.05, 3.63) is 16.8 Å². The summed E-state index contributed by atoms with van der Waals surface area (Å²) in [6.07, 6.45) is 3.20. The van der Waals surface area contributed by atoms with Crippen LogP contribution in [0.25, 0.3) is 0 Å². The Hall–Kier alpha value is -1.69. The molecule has 6 nitrogen and oxygen atoms in total. The van der Waals surface area contributed by atoms with Gasteiger partial charge in [0.25, 0.3) is 0 Å². The van der Waals surface area contributed by atoms with E-state index in [0.29, 0.717) is 25.3 Å². The van der Waals surface area contributed by atoms with Crippen molar-refractivity contribution in [2.24, 2.45) is 0 Å². The van der Waals surface area contributed by atoms with E-state index in [9.17, 15) is 9.90 Å². The van der Waals surface area contributed by atoms with E-state index in [1.165, 1.54) is 0 Å². The maximum atomic E-state index is 11.6. The summed E-state index contributed by atoms with van der Waals surface area (Å²) in [7, 11) is 0. The van der Waals surface area contributed by atoms with E-state index in [-0.39, 0.29) is 17.7 Å². The third-order valence-corrected chi connectivity index (χ3v) is 3.89. The molecular formula is C15H23N3O3. The molecule has 2 unspecified atom stereocenters.